The summed E-state index contributed by atoms with van der Waals surface area (Å²) in [5, 5.41) is 4.25. The Labute approximate surface area is 126 Å². The maximum atomic E-state index is 5.77. The largest absolute Gasteiger partial charge is 0.454 e. The number of nitrogens with two attached hydrogens (primary N) is 1. The van der Waals surface area contributed by atoms with Gasteiger partial charge in [-0.3, -0.25) is 0 Å². The van der Waals surface area contributed by atoms with Crippen LogP contribution in [0.3, 0.4) is 0 Å². The summed E-state index contributed by atoms with van der Waals surface area (Å²) >= 11 is 0. The molecule has 2 aromatic carbocycles. The van der Waals surface area contributed by atoms with Crippen LogP contribution in [-0.4, -0.2) is 16.8 Å². The summed E-state index contributed by atoms with van der Waals surface area (Å²) < 4.78 is 10.7. The number of aromatic nitrogens is 2. The first-order valence-electron chi connectivity index (χ1n) is 6.94. The molecular formula is C16H14N4O2. The highest BCUT2D eigenvalue weighted by Crippen LogP contribution is 2.32. The third-order valence-electron chi connectivity index (χ3n) is 3.52. The zero-order valence-corrected chi connectivity index (χ0v) is 11.7. The Bertz CT molecular complexity index is 851. The molecule has 0 aliphatic carbocycles. The van der Waals surface area contributed by atoms with E-state index in [4.69, 9.17) is 15.2 Å². The molecule has 1 aromatic heterocycles. The van der Waals surface area contributed by atoms with Gasteiger partial charge in [-0.15, -0.1) is 0 Å². The van der Waals surface area contributed by atoms with Crippen LogP contribution in [0.25, 0.3) is 10.9 Å². The van der Waals surface area contributed by atoms with Crippen molar-refractivity contribution < 1.29 is 9.47 Å². The van der Waals surface area contributed by atoms with Crippen LogP contribution in [0.15, 0.2) is 42.5 Å². The average molecular weight is 294 g/mol. The fraction of sp³-hybridized carbons (Fsp3) is 0.125. The second-order valence-electron chi connectivity index (χ2n) is 4.99. The lowest BCUT2D eigenvalue weighted by Crippen LogP contribution is -2.05. The van der Waals surface area contributed by atoms with E-state index in [-0.39, 0.29) is 12.7 Å². The van der Waals surface area contributed by atoms with Crippen molar-refractivity contribution in [1.82, 2.24) is 9.97 Å². The number of rotatable bonds is 3. The first-order valence-corrected chi connectivity index (χ1v) is 6.94. The number of fused-ring (bicyclic) bond motifs is 2. The minimum Gasteiger partial charge on any atom is -0.454 e. The van der Waals surface area contributed by atoms with E-state index in [1.807, 2.05) is 42.5 Å². The normalized spacial score (nSPS) is 12.5. The molecule has 0 radical (unpaired) electrons. The highest BCUT2D eigenvalue weighted by molar-refractivity contribution is 5.89. The predicted octanol–water partition coefficient (Wildman–Crippen LogP) is 2.55. The summed E-state index contributed by atoms with van der Waals surface area (Å²) in [6.45, 7) is 0.885. The van der Waals surface area contributed by atoms with Crippen LogP contribution in [0.1, 0.15) is 5.56 Å². The molecule has 110 valence electrons. The molecule has 0 spiro atoms. The van der Waals surface area contributed by atoms with Crippen molar-refractivity contribution in [3.63, 3.8) is 0 Å². The summed E-state index contributed by atoms with van der Waals surface area (Å²) in [4.78, 5) is 8.52. The molecule has 0 bridgehead atoms. The van der Waals surface area contributed by atoms with Gasteiger partial charge in [0.05, 0.1) is 5.52 Å². The predicted molar refractivity (Wildman–Crippen MR) is 83.8 cm³/mol. The fourth-order valence-corrected chi connectivity index (χ4v) is 2.47. The molecule has 1 aliphatic rings. The molecule has 0 saturated heterocycles. The number of para-hydroxylation sites is 1. The zero-order valence-electron chi connectivity index (χ0n) is 11.7. The Morgan fingerprint density at radius 2 is 1.91 bits per heavy atom. The monoisotopic (exact) mass is 294 g/mol. The molecule has 0 fully saturated rings. The highest BCUT2D eigenvalue weighted by Gasteiger charge is 2.13. The summed E-state index contributed by atoms with van der Waals surface area (Å²) in [7, 11) is 0. The molecule has 2 heterocycles. The van der Waals surface area contributed by atoms with Crippen molar-refractivity contribution in [1.29, 1.82) is 0 Å². The fourth-order valence-electron chi connectivity index (χ4n) is 2.47. The summed E-state index contributed by atoms with van der Waals surface area (Å²) in [6, 6.07) is 13.6. The van der Waals surface area contributed by atoms with E-state index in [9.17, 15) is 0 Å². The van der Waals surface area contributed by atoms with Gasteiger partial charge in [0, 0.05) is 11.9 Å². The van der Waals surface area contributed by atoms with Gasteiger partial charge in [0.15, 0.2) is 11.5 Å². The number of nitrogen functional groups attached to an aromatic ring is 1. The van der Waals surface area contributed by atoms with Gasteiger partial charge in [-0.25, -0.2) is 4.98 Å². The van der Waals surface area contributed by atoms with E-state index in [1.165, 1.54) is 0 Å². The van der Waals surface area contributed by atoms with Crippen molar-refractivity contribution in [2.45, 2.75) is 6.54 Å². The lowest BCUT2D eigenvalue weighted by Gasteiger charge is -2.10. The number of hydrogen-bond acceptors (Lipinski definition) is 6. The highest BCUT2D eigenvalue weighted by atomic mass is 16.7. The Hall–Kier alpha value is -3.02. The van der Waals surface area contributed by atoms with E-state index >= 15 is 0 Å². The summed E-state index contributed by atoms with van der Waals surface area (Å²) in [6.07, 6.45) is 0. The number of benzene rings is 2. The van der Waals surface area contributed by atoms with Crippen LogP contribution in [0, 0.1) is 0 Å². The third kappa shape index (κ3) is 2.24. The molecule has 0 saturated carbocycles. The maximum Gasteiger partial charge on any atom is 0.231 e. The van der Waals surface area contributed by atoms with Gasteiger partial charge in [0.2, 0.25) is 12.7 Å². The molecule has 22 heavy (non-hydrogen) atoms. The van der Waals surface area contributed by atoms with Gasteiger partial charge >= 0.3 is 0 Å². The van der Waals surface area contributed by atoms with Gasteiger partial charge < -0.3 is 20.5 Å². The van der Waals surface area contributed by atoms with Gasteiger partial charge in [-0.2, -0.15) is 4.98 Å². The molecule has 1 aliphatic heterocycles. The van der Waals surface area contributed by atoms with Crippen molar-refractivity contribution in [3.05, 3.63) is 48.0 Å². The second kappa shape index (κ2) is 5.07. The van der Waals surface area contributed by atoms with Gasteiger partial charge in [-0.1, -0.05) is 18.2 Å². The number of hydrogen-bond donors (Lipinski definition) is 2. The molecule has 0 amide bonds. The average Bonchev–Trinajstić information content (AvgIpc) is 3.00. The molecule has 6 nitrogen and oxygen atoms in total. The van der Waals surface area contributed by atoms with Crippen LogP contribution in [0.4, 0.5) is 11.8 Å². The van der Waals surface area contributed by atoms with Gasteiger partial charge in [0.25, 0.3) is 0 Å². The standard InChI is InChI=1S/C16H14N4O2/c17-16-19-12-4-2-1-3-11(12)15(20-16)18-8-10-5-6-13-14(7-10)22-9-21-13/h1-7H,8-9H2,(H3,17,18,19,20). The number of ether oxygens (including phenoxy) is 2. The van der Waals surface area contributed by atoms with E-state index in [2.05, 4.69) is 15.3 Å². The van der Waals surface area contributed by atoms with Crippen LogP contribution in [0.2, 0.25) is 0 Å². The van der Waals surface area contributed by atoms with Crippen molar-refractivity contribution in [2.75, 3.05) is 17.8 Å². The lowest BCUT2D eigenvalue weighted by molar-refractivity contribution is 0.174. The molecule has 0 atom stereocenters. The van der Waals surface area contributed by atoms with Crippen LogP contribution < -0.4 is 20.5 Å². The Morgan fingerprint density at radius 3 is 2.86 bits per heavy atom. The SMILES string of the molecule is Nc1nc(NCc2ccc3c(c2)OCO3)c2ccccc2n1. The van der Waals surface area contributed by atoms with Gasteiger partial charge in [0.1, 0.15) is 5.82 Å². The van der Waals surface area contributed by atoms with Crippen molar-refractivity contribution >= 4 is 22.7 Å². The molecule has 0 unspecified atom stereocenters. The Balaban J connectivity index is 1.61. The zero-order chi connectivity index (χ0) is 14.9. The smallest absolute Gasteiger partial charge is 0.231 e. The van der Waals surface area contributed by atoms with Gasteiger partial charge in [-0.05, 0) is 29.8 Å². The van der Waals surface area contributed by atoms with E-state index in [0.29, 0.717) is 6.54 Å². The third-order valence-corrected chi connectivity index (χ3v) is 3.52. The van der Waals surface area contributed by atoms with Crippen molar-refractivity contribution in [2.24, 2.45) is 0 Å². The molecule has 3 aromatic rings. The number of nitrogens with one attached hydrogen (secondary N) is 1. The Kier molecular flexibility index (Phi) is 2.93. The summed E-state index contributed by atoms with van der Waals surface area (Å²) in [5.41, 5.74) is 7.67. The van der Waals surface area contributed by atoms with E-state index in [1.54, 1.807) is 0 Å². The molecular weight excluding hydrogens is 280 g/mol. The molecule has 6 heteroatoms. The lowest BCUT2D eigenvalue weighted by atomic mass is 10.2. The quantitative estimate of drug-likeness (QED) is 0.772. The minimum absolute atomic E-state index is 0.256. The number of anilines is 2. The van der Waals surface area contributed by atoms with Crippen LogP contribution in [-0.2, 0) is 6.54 Å². The summed E-state index contributed by atoms with van der Waals surface area (Å²) in [5.74, 6) is 2.53. The van der Waals surface area contributed by atoms with Crippen LogP contribution >= 0.6 is 0 Å². The molecule has 3 N–H and O–H groups in total. The van der Waals surface area contributed by atoms with Crippen molar-refractivity contribution in [3.8, 4) is 11.5 Å². The maximum absolute atomic E-state index is 5.77. The topological polar surface area (TPSA) is 82.3 Å². The van der Waals surface area contributed by atoms with Crippen LogP contribution in [0.5, 0.6) is 11.5 Å². The molecule has 4 rings (SSSR count). The number of nitrogens with zero attached hydrogens (tertiary/aromatic N) is 2. The van der Waals surface area contributed by atoms with E-state index < -0.39 is 0 Å². The first kappa shape index (κ1) is 12.7. The second-order valence-corrected chi connectivity index (χ2v) is 4.99. The minimum atomic E-state index is 0.256. The van der Waals surface area contributed by atoms with E-state index in [0.717, 1.165) is 33.8 Å². The Morgan fingerprint density at radius 1 is 1.05 bits per heavy atom. The first-order chi connectivity index (χ1) is 10.8.